The minimum absolute atomic E-state index is 0.0350. The molecule has 2 rings (SSSR count). The van der Waals surface area contributed by atoms with Crippen LogP contribution < -0.4 is 10.6 Å². The highest BCUT2D eigenvalue weighted by Crippen LogP contribution is 2.17. The molecule has 1 aromatic carbocycles. The summed E-state index contributed by atoms with van der Waals surface area (Å²) >= 11 is 5.82. The molecule has 1 amide bonds. The lowest BCUT2D eigenvalue weighted by atomic mass is 9.98. The summed E-state index contributed by atoms with van der Waals surface area (Å²) in [5.41, 5.74) is 1.08. The fourth-order valence-corrected chi connectivity index (χ4v) is 2.02. The molecule has 1 aromatic rings. The van der Waals surface area contributed by atoms with E-state index in [-0.39, 0.29) is 11.9 Å². The zero-order valence-electron chi connectivity index (χ0n) is 9.87. The topological polar surface area (TPSA) is 41.1 Å². The van der Waals surface area contributed by atoms with Gasteiger partial charge in [0, 0.05) is 11.4 Å². The van der Waals surface area contributed by atoms with Crippen molar-refractivity contribution in [1.82, 2.24) is 10.6 Å². The van der Waals surface area contributed by atoms with Crippen molar-refractivity contribution >= 4 is 17.5 Å². The molecule has 92 valence electrons. The molecule has 2 N–H and O–H groups in total. The first-order valence-electron chi connectivity index (χ1n) is 5.90. The molecule has 0 saturated carbocycles. The SMILES string of the molecule is C[C@H](NC(=O)CC1CNC1)c1ccc(Cl)cc1. The summed E-state index contributed by atoms with van der Waals surface area (Å²) in [5, 5.41) is 6.88. The number of nitrogens with one attached hydrogen (secondary N) is 2. The van der Waals surface area contributed by atoms with Crippen LogP contribution in [-0.2, 0) is 4.79 Å². The van der Waals surface area contributed by atoms with Gasteiger partial charge in [-0.25, -0.2) is 0 Å². The van der Waals surface area contributed by atoms with Gasteiger partial charge in [-0.15, -0.1) is 0 Å². The Morgan fingerprint density at radius 1 is 1.47 bits per heavy atom. The van der Waals surface area contributed by atoms with Crippen LogP contribution in [0.25, 0.3) is 0 Å². The number of halogens is 1. The number of hydrogen-bond acceptors (Lipinski definition) is 2. The molecule has 3 nitrogen and oxygen atoms in total. The van der Waals surface area contributed by atoms with Gasteiger partial charge in [0.15, 0.2) is 0 Å². The normalized spacial score (nSPS) is 17.3. The van der Waals surface area contributed by atoms with E-state index in [1.54, 1.807) is 0 Å². The molecular weight excluding hydrogens is 236 g/mol. The monoisotopic (exact) mass is 252 g/mol. The lowest BCUT2D eigenvalue weighted by Crippen LogP contribution is -2.44. The summed E-state index contributed by atoms with van der Waals surface area (Å²) in [4.78, 5) is 11.7. The van der Waals surface area contributed by atoms with Gasteiger partial charge in [0.1, 0.15) is 0 Å². The van der Waals surface area contributed by atoms with Gasteiger partial charge >= 0.3 is 0 Å². The number of amides is 1. The molecule has 1 fully saturated rings. The molecule has 1 aliphatic heterocycles. The zero-order valence-corrected chi connectivity index (χ0v) is 10.6. The van der Waals surface area contributed by atoms with Gasteiger partial charge < -0.3 is 10.6 Å². The smallest absolute Gasteiger partial charge is 0.220 e. The predicted molar refractivity (Wildman–Crippen MR) is 69.0 cm³/mol. The molecule has 1 heterocycles. The Morgan fingerprint density at radius 2 is 2.12 bits per heavy atom. The number of carbonyl (C=O) groups is 1. The number of hydrogen-bond donors (Lipinski definition) is 2. The van der Waals surface area contributed by atoms with Gasteiger partial charge in [0.25, 0.3) is 0 Å². The maximum atomic E-state index is 11.7. The number of rotatable bonds is 4. The van der Waals surface area contributed by atoms with E-state index in [4.69, 9.17) is 11.6 Å². The van der Waals surface area contributed by atoms with Crippen LogP contribution in [0.3, 0.4) is 0 Å². The summed E-state index contributed by atoms with van der Waals surface area (Å²) in [6, 6.07) is 7.61. The summed E-state index contributed by atoms with van der Waals surface area (Å²) in [6.07, 6.45) is 0.616. The molecule has 0 spiro atoms. The molecular formula is C13H17ClN2O. The second kappa shape index (κ2) is 5.52. The van der Waals surface area contributed by atoms with E-state index in [2.05, 4.69) is 10.6 Å². The Bertz CT molecular complexity index is 387. The average molecular weight is 253 g/mol. The van der Waals surface area contributed by atoms with Crippen molar-refractivity contribution in [3.63, 3.8) is 0 Å². The molecule has 0 aromatic heterocycles. The van der Waals surface area contributed by atoms with E-state index < -0.39 is 0 Å². The fraction of sp³-hybridized carbons (Fsp3) is 0.462. The lowest BCUT2D eigenvalue weighted by molar-refractivity contribution is -0.123. The molecule has 1 atom stereocenters. The summed E-state index contributed by atoms with van der Waals surface area (Å²) in [5.74, 6) is 0.631. The Hall–Kier alpha value is -1.06. The molecule has 4 heteroatoms. The van der Waals surface area contributed by atoms with Crippen molar-refractivity contribution in [3.05, 3.63) is 34.9 Å². The fourth-order valence-electron chi connectivity index (χ4n) is 1.89. The van der Waals surface area contributed by atoms with Crippen LogP contribution in [0.4, 0.5) is 0 Å². The third-order valence-electron chi connectivity index (χ3n) is 3.09. The summed E-state index contributed by atoms with van der Waals surface area (Å²) in [6.45, 7) is 3.91. The molecule has 0 radical (unpaired) electrons. The van der Waals surface area contributed by atoms with Crippen LogP contribution in [-0.4, -0.2) is 19.0 Å². The summed E-state index contributed by atoms with van der Waals surface area (Å²) in [7, 11) is 0. The van der Waals surface area contributed by atoms with Crippen molar-refractivity contribution in [2.45, 2.75) is 19.4 Å². The highest BCUT2D eigenvalue weighted by molar-refractivity contribution is 6.30. The molecule has 17 heavy (non-hydrogen) atoms. The highest BCUT2D eigenvalue weighted by Gasteiger charge is 2.20. The maximum absolute atomic E-state index is 11.7. The van der Waals surface area contributed by atoms with Crippen LogP contribution in [0.15, 0.2) is 24.3 Å². The number of carbonyl (C=O) groups excluding carboxylic acids is 1. The largest absolute Gasteiger partial charge is 0.350 e. The van der Waals surface area contributed by atoms with Crippen molar-refractivity contribution < 1.29 is 4.79 Å². The lowest BCUT2D eigenvalue weighted by Gasteiger charge is -2.27. The van der Waals surface area contributed by atoms with Crippen LogP contribution in [0.2, 0.25) is 5.02 Å². The second-order valence-electron chi connectivity index (χ2n) is 4.57. The molecule has 1 aliphatic rings. The van der Waals surface area contributed by atoms with Crippen molar-refractivity contribution in [3.8, 4) is 0 Å². The molecule has 0 aliphatic carbocycles. The summed E-state index contributed by atoms with van der Waals surface area (Å²) < 4.78 is 0. The molecule has 1 saturated heterocycles. The molecule has 0 bridgehead atoms. The Kier molecular flexibility index (Phi) is 4.02. The maximum Gasteiger partial charge on any atom is 0.220 e. The quantitative estimate of drug-likeness (QED) is 0.862. The van der Waals surface area contributed by atoms with E-state index in [0.29, 0.717) is 17.4 Å². The van der Waals surface area contributed by atoms with E-state index in [1.807, 2.05) is 31.2 Å². The van der Waals surface area contributed by atoms with E-state index in [0.717, 1.165) is 18.7 Å². The molecule has 0 unspecified atom stereocenters. The highest BCUT2D eigenvalue weighted by atomic mass is 35.5. The van der Waals surface area contributed by atoms with Gasteiger partial charge in [0.05, 0.1) is 6.04 Å². The van der Waals surface area contributed by atoms with E-state index in [9.17, 15) is 4.79 Å². The van der Waals surface area contributed by atoms with Crippen molar-refractivity contribution in [1.29, 1.82) is 0 Å². The van der Waals surface area contributed by atoms with Gasteiger partial charge in [-0.1, -0.05) is 23.7 Å². The van der Waals surface area contributed by atoms with Crippen LogP contribution in [0.1, 0.15) is 24.9 Å². The van der Waals surface area contributed by atoms with E-state index in [1.165, 1.54) is 0 Å². The third-order valence-corrected chi connectivity index (χ3v) is 3.34. The average Bonchev–Trinajstić information content (AvgIpc) is 2.24. The predicted octanol–water partition coefficient (Wildman–Crippen LogP) is 2.13. The Labute approximate surface area is 107 Å². The van der Waals surface area contributed by atoms with Gasteiger partial charge in [-0.2, -0.15) is 0 Å². The van der Waals surface area contributed by atoms with Crippen LogP contribution in [0.5, 0.6) is 0 Å². The van der Waals surface area contributed by atoms with E-state index >= 15 is 0 Å². The first-order chi connectivity index (χ1) is 8.15. The standard InChI is InChI=1S/C13H17ClN2O/c1-9(11-2-4-12(14)5-3-11)16-13(17)6-10-7-15-8-10/h2-5,9-10,15H,6-8H2,1H3,(H,16,17)/t9-/m0/s1. The van der Waals surface area contributed by atoms with Gasteiger partial charge in [-0.05, 0) is 43.6 Å². The van der Waals surface area contributed by atoms with Crippen molar-refractivity contribution in [2.75, 3.05) is 13.1 Å². The number of benzene rings is 1. The second-order valence-corrected chi connectivity index (χ2v) is 5.01. The van der Waals surface area contributed by atoms with Crippen molar-refractivity contribution in [2.24, 2.45) is 5.92 Å². The minimum atomic E-state index is 0.0350. The Morgan fingerprint density at radius 3 is 2.65 bits per heavy atom. The van der Waals surface area contributed by atoms with Gasteiger partial charge in [-0.3, -0.25) is 4.79 Å². The van der Waals surface area contributed by atoms with Crippen LogP contribution in [0, 0.1) is 5.92 Å². The first-order valence-corrected chi connectivity index (χ1v) is 6.28. The van der Waals surface area contributed by atoms with Gasteiger partial charge in [0.2, 0.25) is 5.91 Å². The van der Waals surface area contributed by atoms with Crippen LogP contribution >= 0.6 is 11.6 Å². The minimum Gasteiger partial charge on any atom is -0.350 e. The zero-order chi connectivity index (χ0) is 12.3. The first kappa shape index (κ1) is 12.4. The third kappa shape index (κ3) is 3.45. The Balaban J connectivity index is 1.84.